The van der Waals surface area contributed by atoms with Gasteiger partial charge in [0, 0.05) is 18.2 Å². The summed E-state index contributed by atoms with van der Waals surface area (Å²) >= 11 is 0. The maximum absolute atomic E-state index is 12.7. The van der Waals surface area contributed by atoms with Crippen LogP contribution in [0.25, 0.3) is 0 Å². The molecule has 0 radical (unpaired) electrons. The Hall–Kier alpha value is -1.88. The van der Waals surface area contributed by atoms with Gasteiger partial charge in [-0.25, -0.2) is 4.79 Å². The molecule has 0 spiro atoms. The molecule has 1 heterocycles. The molecular formula is C15H18N2O3. The lowest BCUT2D eigenvalue weighted by Gasteiger charge is -2.27. The topological polar surface area (TPSA) is 83.6 Å². The van der Waals surface area contributed by atoms with Crippen LogP contribution in [0.3, 0.4) is 0 Å². The molecule has 5 heteroatoms. The molecule has 1 saturated carbocycles. The van der Waals surface area contributed by atoms with Crippen molar-refractivity contribution in [1.82, 2.24) is 0 Å². The number of carbonyl (C=O) groups is 2. The van der Waals surface area contributed by atoms with Crippen LogP contribution in [0.2, 0.25) is 0 Å². The largest absolute Gasteiger partial charge is 0.480 e. The molecule has 5 nitrogen and oxygen atoms in total. The van der Waals surface area contributed by atoms with E-state index in [0.29, 0.717) is 6.42 Å². The van der Waals surface area contributed by atoms with Gasteiger partial charge in [0.05, 0.1) is 5.92 Å². The van der Waals surface area contributed by atoms with Gasteiger partial charge < -0.3 is 10.8 Å². The Morgan fingerprint density at radius 3 is 2.65 bits per heavy atom. The van der Waals surface area contributed by atoms with E-state index in [1.54, 1.807) is 0 Å². The van der Waals surface area contributed by atoms with E-state index in [0.717, 1.165) is 30.5 Å². The highest BCUT2D eigenvalue weighted by Crippen LogP contribution is 2.36. The molecule has 3 unspecified atom stereocenters. The average Bonchev–Trinajstić information content (AvgIpc) is 3.01. The number of carboxylic acids is 1. The highest BCUT2D eigenvalue weighted by molar-refractivity contribution is 6.03. The number of carboxylic acid groups (broad SMARTS) is 1. The van der Waals surface area contributed by atoms with E-state index in [9.17, 15) is 14.7 Å². The number of fused-ring (bicyclic) bond motifs is 1. The summed E-state index contributed by atoms with van der Waals surface area (Å²) < 4.78 is 0. The number of para-hydroxylation sites is 1. The van der Waals surface area contributed by atoms with Crippen molar-refractivity contribution in [2.45, 2.75) is 37.8 Å². The molecule has 3 N–H and O–H groups in total. The van der Waals surface area contributed by atoms with Crippen LogP contribution in [-0.2, 0) is 16.0 Å². The summed E-state index contributed by atoms with van der Waals surface area (Å²) in [5.41, 5.74) is 7.64. The fraction of sp³-hybridized carbons (Fsp3) is 0.467. The number of hydrogen-bond donors (Lipinski definition) is 2. The van der Waals surface area contributed by atoms with Crippen LogP contribution in [-0.4, -0.2) is 29.1 Å². The number of aliphatic carboxylic acids is 1. The lowest BCUT2D eigenvalue weighted by Crippen LogP contribution is -2.48. The van der Waals surface area contributed by atoms with Crippen molar-refractivity contribution >= 4 is 17.6 Å². The zero-order valence-corrected chi connectivity index (χ0v) is 11.2. The van der Waals surface area contributed by atoms with E-state index in [1.807, 2.05) is 24.3 Å². The van der Waals surface area contributed by atoms with Gasteiger partial charge in [0.1, 0.15) is 6.04 Å². The Balaban J connectivity index is 1.96. The van der Waals surface area contributed by atoms with Gasteiger partial charge in [-0.05, 0) is 24.5 Å². The van der Waals surface area contributed by atoms with Crippen LogP contribution in [0.5, 0.6) is 0 Å². The summed E-state index contributed by atoms with van der Waals surface area (Å²) in [7, 11) is 0. The van der Waals surface area contributed by atoms with E-state index >= 15 is 0 Å². The van der Waals surface area contributed by atoms with Crippen LogP contribution in [0.15, 0.2) is 24.3 Å². The first-order valence-corrected chi connectivity index (χ1v) is 6.99. The maximum Gasteiger partial charge on any atom is 0.327 e. The van der Waals surface area contributed by atoms with Gasteiger partial charge in [-0.15, -0.1) is 0 Å². The molecule has 2 aliphatic rings. The van der Waals surface area contributed by atoms with Crippen molar-refractivity contribution < 1.29 is 14.7 Å². The van der Waals surface area contributed by atoms with E-state index in [2.05, 4.69) is 0 Å². The third-order valence-electron chi connectivity index (χ3n) is 4.39. The van der Waals surface area contributed by atoms with E-state index in [1.165, 1.54) is 4.90 Å². The predicted octanol–water partition coefficient (Wildman–Crippen LogP) is 1.16. The van der Waals surface area contributed by atoms with Crippen molar-refractivity contribution in [2.24, 2.45) is 11.7 Å². The molecule has 1 aliphatic heterocycles. The van der Waals surface area contributed by atoms with E-state index < -0.39 is 12.0 Å². The van der Waals surface area contributed by atoms with Gasteiger partial charge in [-0.2, -0.15) is 0 Å². The number of amides is 1. The first kappa shape index (κ1) is 13.1. The molecule has 3 atom stereocenters. The number of hydrogen-bond acceptors (Lipinski definition) is 3. The Morgan fingerprint density at radius 2 is 2.00 bits per heavy atom. The van der Waals surface area contributed by atoms with E-state index in [4.69, 9.17) is 5.73 Å². The summed E-state index contributed by atoms with van der Waals surface area (Å²) in [5, 5.41) is 9.39. The fourth-order valence-electron chi connectivity index (χ4n) is 3.33. The van der Waals surface area contributed by atoms with Crippen molar-refractivity contribution in [3.63, 3.8) is 0 Å². The van der Waals surface area contributed by atoms with Crippen LogP contribution < -0.4 is 10.6 Å². The molecule has 1 fully saturated rings. The standard InChI is InChI=1S/C15H18N2O3/c16-11-6-3-5-10(11)14(18)17-12-7-2-1-4-9(12)8-13(17)15(19)20/h1-2,4,7,10-11,13H,3,5-6,8,16H2,(H,19,20). The Bertz CT molecular complexity index is 558. The number of benzene rings is 1. The monoisotopic (exact) mass is 274 g/mol. The number of nitrogens with two attached hydrogens (primary N) is 1. The lowest BCUT2D eigenvalue weighted by molar-refractivity contribution is -0.140. The quantitative estimate of drug-likeness (QED) is 0.847. The predicted molar refractivity (Wildman–Crippen MR) is 74.4 cm³/mol. The number of carbonyl (C=O) groups excluding carboxylic acids is 1. The molecule has 106 valence electrons. The van der Waals surface area contributed by atoms with Gasteiger partial charge in [-0.1, -0.05) is 24.6 Å². The number of rotatable bonds is 2. The van der Waals surface area contributed by atoms with Crippen molar-refractivity contribution in [2.75, 3.05) is 4.90 Å². The third-order valence-corrected chi connectivity index (χ3v) is 4.39. The van der Waals surface area contributed by atoms with Crippen molar-refractivity contribution in [3.8, 4) is 0 Å². The highest BCUT2D eigenvalue weighted by Gasteiger charge is 2.43. The normalized spacial score (nSPS) is 28.4. The number of nitrogens with zero attached hydrogens (tertiary/aromatic N) is 1. The lowest BCUT2D eigenvalue weighted by atomic mass is 10.0. The van der Waals surface area contributed by atoms with Crippen LogP contribution in [0, 0.1) is 5.92 Å². The Labute approximate surface area is 117 Å². The molecule has 3 rings (SSSR count). The van der Waals surface area contributed by atoms with Crippen LogP contribution in [0.1, 0.15) is 24.8 Å². The van der Waals surface area contributed by atoms with Crippen molar-refractivity contribution in [3.05, 3.63) is 29.8 Å². The zero-order chi connectivity index (χ0) is 14.3. The molecule has 0 aromatic heterocycles. The second-order valence-electron chi connectivity index (χ2n) is 5.60. The molecule has 20 heavy (non-hydrogen) atoms. The number of anilines is 1. The molecule has 1 amide bonds. The first-order chi connectivity index (χ1) is 9.59. The van der Waals surface area contributed by atoms with Crippen LogP contribution >= 0.6 is 0 Å². The first-order valence-electron chi connectivity index (χ1n) is 6.99. The summed E-state index contributed by atoms with van der Waals surface area (Å²) in [6.07, 6.45) is 2.90. The van der Waals surface area contributed by atoms with Gasteiger partial charge >= 0.3 is 5.97 Å². The summed E-state index contributed by atoms with van der Waals surface area (Å²) in [4.78, 5) is 25.6. The molecule has 1 aromatic rings. The minimum atomic E-state index is -0.957. The second kappa shape index (κ2) is 4.90. The molecule has 0 saturated heterocycles. The van der Waals surface area contributed by atoms with Gasteiger partial charge in [0.15, 0.2) is 0 Å². The molecule has 1 aliphatic carbocycles. The molecule has 0 bridgehead atoms. The minimum absolute atomic E-state index is 0.132. The SMILES string of the molecule is NC1CCCC1C(=O)N1c2ccccc2CC1C(=O)O. The fourth-order valence-corrected chi connectivity index (χ4v) is 3.33. The smallest absolute Gasteiger partial charge is 0.327 e. The zero-order valence-electron chi connectivity index (χ0n) is 11.2. The average molecular weight is 274 g/mol. The minimum Gasteiger partial charge on any atom is -0.480 e. The van der Waals surface area contributed by atoms with Gasteiger partial charge in [0.2, 0.25) is 5.91 Å². The highest BCUT2D eigenvalue weighted by atomic mass is 16.4. The third kappa shape index (κ3) is 1.98. The van der Waals surface area contributed by atoms with Crippen molar-refractivity contribution in [1.29, 1.82) is 0 Å². The maximum atomic E-state index is 12.7. The summed E-state index contributed by atoms with van der Waals surface area (Å²) in [6.45, 7) is 0. The molecule has 1 aromatic carbocycles. The van der Waals surface area contributed by atoms with Gasteiger partial charge in [-0.3, -0.25) is 9.69 Å². The van der Waals surface area contributed by atoms with Gasteiger partial charge in [0.25, 0.3) is 0 Å². The van der Waals surface area contributed by atoms with E-state index in [-0.39, 0.29) is 17.9 Å². The molecular weight excluding hydrogens is 256 g/mol. The summed E-state index contributed by atoms with van der Waals surface area (Å²) in [5.74, 6) is -1.34. The Morgan fingerprint density at radius 1 is 1.25 bits per heavy atom. The summed E-state index contributed by atoms with van der Waals surface area (Å²) in [6, 6.07) is 6.45. The second-order valence-corrected chi connectivity index (χ2v) is 5.60. The Kier molecular flexibility index (Phi) is 3.22. The van der Waals surface area contributed by atoms with Crippen LogP contribution in [0.4, 0.5) is 5.69 Å².